The van der Waals surface area contributed by atoms with Gasteiger partial charge in [0, 0.05) is 23.9 Å². The Hall–Kier alpha value is -1.20. The Morgan fingerprint density at radius 1 is 1.35 bits per heavy atom. The summed E-state index contributed by atoms with van der Waals surface area (Å²) < 4.78 is 5.49. The van der Waals surface area contributed by atoms with Gasteiger partial charge < -0.3 is 10.1 Å². The van der Waals surface area contributed by atoms with Crippen LogP contribution in [0.1, 0.15) is 41.9 Å². The van der Waals surface area contributed by atoms with Gasteiger partial charge in [0.15, 0.2) is 0 Å². The SMILES string of the molecule is CCNc1nc(C2CCOC2)nc2sc3c(c12)CCC3. The molecule has 2 aromatic heterocycles. The second-order valence-corrected chi connectivity index (χ2v) is 6.64. The van der Waals surface area contributed by atoms with Crippen molar-refractivity contribution >= 4 is 27.4 Å². The first-order chi connectivity index (χ1) is 9.86. The highest BCUT2D eigenvalue weighted by Gasteiger charge is 2.26. The molecule has 5 heteroatoms. The number of ether oxygens (including phenoxy) is 1. The maximum atomic E-state index is 5.49. The van der Waals surface area contributed by atoms with Gasteiger partial charge in [-0.15, -0.1) is 11.3 Å². The Morgan fingerprint density at radius 2 is 2.30 bits per heavy atom. The van der Waals surface area contributed by atoms with Gasteiger partial charge in [0.05, 0.1) is 12.0 Å². The van der Waals surface area contributed by atoms with Gasteiger partial charge in [-0.25, -0.2) is 9.97 Å². The van der Waals surface area contributed by atoms with Crippen LogP contribution in [0.2, 0.25) is 0 Å². The Kier molecular flexibility index (Phi) is 3.11. The molecule has 1 fully saturated rings. The number of hydrogen-bond acceptors (Lipinski definition) is 5. The molecule has 0 amide bonds. The zero-order valence-corrected chi connectivity index (χ0v) is 12.6. The summed E-state index contributed by atoms with van der Waals surface area (Å²) >= 11 is 1.87. The predicted octanol–water partition coefficient (Wildman–Crippen LogP) is 3.12. The molecule has 1 aliphatic carbocycles. The van der Waals surface area contributed by atoms with E-state index in [1.807, 2.05) is 11.3 Å². The van der Waals surface area contributed by atoms with Gasteiger partial charge in [-0.05, 0) is 38.2 Å². The van der Waals surface area contributed by atoms with Crippen LogP contribution in [0.3, 0.4) is 0 Å². The predicted molar refractivity (Wildman–Crippen MR) is 81.8 cm³/mol. The molecule has 2 aliphatic rings. The van der Waals surface area contributed by atoms with Crippen LogP contribution in [0.15, 0.2) is 0 Å². The number of thiophene rings is 1. The van der Waals surface area contributed by atoms with E-state index in [9.17, 15) is 0 Å². The number of fused-ring (bicyclic) bond motifs is 3. The molecule has 1 atom stereocenters. The van der Waals surface area contributed by atoms with Crippen LogP contribution in [0.25, 0.3) is 10.2 Å². The van der Waals surface area contributed by atoms with Crippen LogP contribution in [0.4, 0.5) is 5.82 Å². The van der Waals surface area contributed by atoms with Crippen LogP contribution < -0.4 is 5.32 Å². The van der Waals surface area contributed by atoms with E-state index in [4.69, 9.17) is 14.7 Å². The zero-order chi connectivity index (χ0) is 13.5. The first-order valence-corrected chi connectivity index (χ1v) is 8.32. The minimum absolute atomic E-state index is 0.369. The highest BCUT2D eigenvalue weighted by atomic mass is 32.1. The summed E-state index contributed by atoms with van der Waals surface area (Å²) in [5, 5.41) is 4.73. The molecule has 4 nitrogen and oxygen atoms in total. The fourth-order valence-electron chi connectivity index (χ4n) is 3.23. The average Bonchev–Trinajstić information content (AvgIpc) is 3.15. The molecule has 1 N–H and O–H groups in total. The van der Waals surface area contributed by atoms with E-state index in [2.05, 4.69) is 12.2 Å². The van der Waals surface area contributed by atoms with Gasteiger partial charge in [0.25, 0.3) is 0 Å². The monoisotopic (exact) mass is 289 g/mol. The molecule has 20 heavy (non-hydrogen) atoms. The third-order valence-corrected chi connectivity index (χ3v) is 5.41. The van der Waals surface area contributed by atoms with Crippen molar-refractivity contribution in [2.24, 2.45) is 0 Å². The molecule has 0 saturated carbocycles. The van der Waals surface area contributed by atoms with Crippen LogP contribution in [0, 0.1) is 0 Å². The molecule has 1 saturated heterocycles. The maximum Gasteiger partial charge on any atom is 0.138 e. The first-order valence-electron chi connectivity index (χ1n) is 7.50. The third-order valence-electron chi connectivity index (χ3n) is 4.22. The number of hydrogen-bond donors (Lipinski definition) is 1. The van der Waals surface area contributed by atoms with Gasteiger partial charge in [-0.1, -0.05) is 0 Å². The Balaban J connectivity index is 1.87. The van der Waals surface area contributed by atoms with Crippen molar-refractivity contribution in [2.75, 3.05) is 25.1 Å². The van der Waals surface area contributed by atoms with E-state index < -0.39 is 0 Å². The minimum atomic E-state index is 0.369. The molecular weight excluding hydrogens is 270 g/mol. The van der Waals surface area contributed by atoms with Crippen molar-refractivity contribution in [3.63, 3.8) is 0 Å². The Morgan fingerprint density at radius 3 is 3.10 bits per heavy atom. The Labute approximate surface area is 122 Å². The minimum Gasteiger partial charge on any atom is -0.381 e. The molecular formula is C15H19N3OS. The van der Waals surface area contributed by atoms with Crippen molar-refractivity contribution in [3.05, 3.63) is 16.3 Å². The third kappa shape index (κ3) is 1.91. The van der Waals surface area contributed by atoms with Gasteiger partial charge in [0.1, 0.15) is 16.5 Å². The summed E-state index contributed by atoms with van der Waals surface area (Å²) in [5.74, 6) is 2.37. The molecule has 0 bridgehead atoms. The second-order valence-electron chi connectivity index (χ2n) is 5.56. The lowest BCUT2D eigenvalue weighted by Gasteiger charge is -2.11. The number of rotatable bonds is 3. The molecule has 0 aromatic carbocycles. The molecule has 2 aromatic rings. The van der Waals surface area contributed by atoms with Crippen molar-refractivity contribution < 1.29 is 4.74 Å². The van der Waals surface area contributed by atoms with Crippen molar-refractivity contribution in [2.45, 2.75) is 38.5 Å². The molecule has 3 heterocycles. The molecule has 1 unspecified atom stereocenters. The van der Waals surface area contributed by atoms with E-state index in [1.165, 1.54) is 39.9 Å². The van der Waals surface area contributed by atoms with Gasteiger partial charge >= 0.3 is 0 Å². The average molecular weight is 289 g/mol. The summed E-state index contributed by atoms with van der Waals surface area (Å²) in [5.41, 5.74) is 1.50. The number of anilines is 1. The smallest absolute Gasteiger partial charge is 0.138 e. The lowest BCUT2D eigenvalue weighted by Crippen LogP contribution is -2.08. The number of aromatic nitrogens is 2. The summed E-state index contributed by atoms with van der Waals surface area (Å²) in [7, 11) is 0. The lowest BCUT2D eigenvalue weighted by atomic mass is 10.1. The maximum absolute atomic E-state index is 5.49. The van der Waals surface area contributed by atoms with E-state index >= 15 is 0 Å². The van der Waals surface area contributed by atoms with E-state index in [1.54, 1.807) is 0 Å². The van der Waals surface area contributed by atoms with Gasteiger partial charge in [-0.3, -0.25) is 0 Å². The lowest BCUT2D eigenvalue weighted by molar-refractivity contribution is 0.193. The van der Waals surface area contributed by atoms with Gasteiger partial charge in [0.2, 0.25) is 0 Å². The van der Waals surface area contributed by atoms with Gasteiger partial charge in [-0.2, -0.15) is 0 Å². The van der Waals surface area contributed by atoms with Crippen molar-refractivity contribution in [3.8, 4) is 0 Å². The largest absolute Gasteiger partial charge is 0.381 e. The molecule has 4 rings (SSSR count). The quantitative estimate of drug-likeness (QED) is 0.943. The number of nitrogens with one attached hydrogen (secondary N) is 1. The van der Waals surface area contributed by atoms with Crippen LogP contribution >= 0.6 is 11.3 Å². The van der Waals surface area contributed by atoms with E-state index in [0.29, 0.717) is 5.92 Å². The highest BCUT2D eigenvalue weighted by molar-refractivity contribution is 7.19. The normalized spacial score (nSPS) is 21.6. The zero-order valence-electron chi connectivity index (χ0n) is 11.7. The van der Waals surface area contributed by atoms with Crippen LogP contribution in [-0.4, -0.2) is 29.7 Å². The Bertz CT molecular complexity index is 646. The number of nitrogens with zero attached hydrogens (tertiary/aromatic N) is 2. The summed E-state index contributed by atoms with van der Waals surface area (Å²) in [4.78, 5) is 12.4. The van der Waals surface area contributed by atoms with Crippen LogP contribution in [-0.2, 0) is 17.6 Å². The van der Waals surface area contributed by atoms with E-state index in [0.717, 1.165) is 37.8 Å². The van der Waals surface area contributed by atoms with Crippen LogP contribution in [0.5, 0.6) is 0 Å². The topological polar surface area (TPSA) is 47.0 Å². The molecule has 1 aliphatic heterocycles. The fourth-order valence-corrected chi connectivity index (χ4v) is 4.50. The fraction of sp³-hybridized carbons (Fsp3) is 0.600. The molecule has 106 valence electrons. The molecule has 0 spiro atoms. The van der Waals surface area contributed by atoms with Crippen molar-refractivity contribution in [1.29, 1.82) is 0 Å². The first kappa shape index (κ1) is 12.5. The molecule has 0 radical (unpaired) electrons. The van der Waals surface area contributed by atoms with E-state index in [-0.39, 0.29) is 0 Å². The summed E-state index contributed by atoms with van der Waals surface area (Å²) in [6.07, 6.45) is 4.72. The van der Waals surface area contributed by atoms with Crippen molar-refractivity contribution in [1.82, 2.24) is 9.97 Å². The standard InChI is InChI=1S/C15H19N3OS/c1-2-16-14-12-10-4-3-5-11(10)20-15(12)18-13(17-14)9-6-7-19-8-9/h9H,2-8H2,1H3,(H,16,17,18). The second kappa shape index (κ2) is 4.97. The highest BCUT2D eigenvalue weighted by Crippen LogP contribution is 2.40. The number of aryl methyl sites for hydroxylation is 2. The summed E-state index contributed by atoms with van der Waals surface area (Å²) in [6.45, 7) is 4.63. The summed E-state index contributed by atoms with van der Waals surface area (Å²) in [6, 6.07) is 0.